The van der Waals surface area contributed by atoms with Gasteiger partial charge in [-0.05, 0) is 0 Å². The molecular weight excluding hydrogens is 200 g/mol. The highest BCUT2D eigenvalue weighted by Gasteiger charge is 2.39. The van der Waals surface area contributed by atoms with Gasteiger partial charge in [-0.15, -0.1) is 12.6 Å². The number of carbonyl (C=O) groups excluding carboxylic acids is 1. The molecule has 0 saturated heterocycles. The first kappa shape index (κ1) is 12.8. The van der Waals surface area contributed by atoms with Crippen molar-refractivity contribution in [2.24, 2.45) is 0 Å². The van der Waals surface area contributed by atoms with Crippen LogP contribution < -0.4 is 0 Å². The van der Waals surface area contributed by atoms with E-state index in [1.165, 1.54) is 0 Å². The summed E-state index contributed by atoms with van der Waals surface area (Å²) in [4.78, 5) is 7.69. The van der Waals surface area contributed by atoms with Gasteiger partial charge in [0.05, 0.1) is 6.61 Å². The molecule has 6 nitrogen and oxygen atoms in total. The fraction of sp³-hybridized carbons (Fsp3) is 0.833. The largest absolute Gasteiger partial charge is 0.394 e. The molecule has 78 valence electrons. The molecule has 0 saturated carbocycles. The topological polar surface area (TPSA) is 118 Å². The average molecular weight is 212 g/mol. The first-order valence-electron chi connectivity index (χ1n) is 3.43. The Morgan fingerprint density at radius 1 is 1.38 bits per heavy atom. The van der Waals surface area contributed by atoms with Gasteiger partial charge in [-0.2, -0.15) is 0 Å². The number of carbonyl (C=O) groups is 1. The second kappa shape index (κ2) is 4.89. The third kappa shape index (κ3) is 3.22. The monoisotopic (exact) mass is 212 g/mol. The molecule has 0 aliphatic carbocycles. The van der Waals surface area contributed by atoms with Crippen LogP contribution in [0.2, 0.25) is 0 Å². The van der Waals surface area contributed by atoms with Crippen LogP contribution in [0.15, 0.2) is 0 Å². The molecule has 0 heterocycles. The first-order valence-corrected chi connectivity index (χ1v) is 3.87. The molecule has 0 aliphatic rings. The summed E-state index contributed by atoms with van der Waals surface area (Å²) in [6.07, 6.45) is -5.56. The van der Waals surface area contributed by atoms with Crippen LogP contribution in [0.25, 0.3) is 0 Å². The molecule has 0 bridgehead atoms. The lowest BCUT2D eigenvalue weighted by Crippen LogP contribution is -2.51. The van der Waals surface area contributed by atoms with E-state index in [1.54, 1.807) is 0 Å². The number of thiol groups is 1. The van der Waals surface area contributed by atoms with Crippen molar-refractivity contribution in [3.63, 3.8) is 0 Å². The van der Waals surface area contributed by atoms with Gasteiger partial charge in [0.1, 0.15) is 18.3 Å². The van der Waals surface area contributed by atoms with Crippen molar-refractivity contribution in [2.75, 3.05) is 6.61 Å². The van der Waals surface area contributed by atoms with Gasteiger partial charge >= 0.3 is 0 Å². The molecule has 13 heavy (non-hydrogen) atoms. The normalized spacial score (nSPS) is 22.9. The van der Waals surface area contributed by atoms with Gasteiger partial charge < -0.3 is 25.5 Å². The third-order valence-corrected chi connectivity index (χ3v) is 1.88. The molecule has 0 aromatic carbocycles. The Morgan fingerprint density at radius 3 is 2.15 bits per heavy atom. The van der Waals surface area contributed by atoms with E-state index in [-0.39, 0.29) is 6.29 Å². The average Bonchev–Trinajstić information content (AvgIpc) is 2.14. The van der Waals surface area contributed by atoms with Crippen molar-refractivity contribution in [2.45, 2.75) is 23.2 Å². The minimum Gasteiger partial charge on any atom is -0.394 e. The molecule has 4 atom stereocenters. The highest BCUT2D eigenvalue weighted by Crippen LogP contribution is 2.17. The Morgan fingerprint density at radius 2 is 1.85 bits per heavy atom. The number of rotatable bonds is 5. The molecule has 5 N–H and O–H groups in total. The van der Waals surface area contributed by atoms with E-state index in [2.05, 4.69) is 12.6 Å². The van der Waals surface area contributed by atoms with Crippen LogP contribution in [0.3, 0.4) is 0 Å². The minimum atomic E-state index is -2.45. The van der Waals surface area contributed by atoms with Gasteiger partial charge in [-0.25, -0.2) is 0 Å². The van der Waals surface area contributed by atoms with E-state index in [4.69, 9.17) is 25.5 Å². The van der Waals surface area contributed by atoms with Gasteiger partial charge in [0.2, 0.25) is 0 Å². The summed E-state index contributed by atoms with van der Waals surface area (Å²) in [5, 5.41) is 44.3. The maximum absolute atomic E-state index is 10.1. The van der Waals surface area contributed by atoms with Crippen molar-refractivity contribution >= 4 is 18.9 Å². The predicted molar refractivity (Wildman–Crippen MR) is 45.1 cm³/mol. The maximum atomic E-state index is 10.1. The maximum Gasteiger partial charge on any atom is 0.192 e. The number of aliphatic hydroxyl groups excluding tert-OH is 4. The number of hydrogen-bond donors (Lipinski definition) is 6. The van der Waals surface area contributed by atoms with Crippen LogP contribution in [0.1, 0.15) is 0 Å². The quantitative estimate of drug-likeness (QED) is 0.163. The second-order valence-corrected chi connectivity index (χ2v) is 3.30. The van der Waals surface area contributed by atoms with E-state index in [9.17, 15) is 4.79 Å². The Balaban J connectivity index is 4.40. The minimum absolute atomic E-state index is 0.0892. The fourth-order valence-corrected chi connectivity index (χ4v) is 0.792. The predicted octanol–water partition coefficient (Wildman–Crippen LogP) is -3.12. The SMILES string of the molecule is O=C[C@@](O)(S)[C@@H](O)[C@H](O)[C@H](O)CO. The molecule has 0 radical (unpaired) electrons. The molecule has 0 amide bonds. The zero-order valence-electron chi connectivity index (χ0n) is 6.61. The van der Waals surface area contributed by atoms with Gasteiger partial charge in [-0.1, -0.05) is 0 Å². The lowest BCUT2D eigenvalue weighted by atomic mass is 10.0. The molecule has 0 fully saturated rings. The van der Waals surface area contributed by atoms with E-state index < -0.39 is 29.9 Å². The van der Waals surface area contributed by atoms with Crippen LogP contribution in [0.4, 0.5) is 0 Å². The summed E-state index contributed by atoms with van der Waals surface area (Å²) < 4.78 is 0. The fourth-order valence-electron chi connectivity index (χ4n) is 0.639. The van der Waals surface area contributed by atoms with Crippen molar-refractivity contribution in [1.29, 1.82) is 0 Å². The molecule has 0 aliphatic heterocycles. The molecule has 0 aromatic rings. The van der Waals surface area contributed by atoms with E-state index in [0.29, 0.717) is 0 Å². The number of aldehydes is 1. The summed E-state index contributed by atoms with van der Waals surface area (Å²) in [5.41, 5.74) is 0. The standard InChI is InChI=1S/C6H12O6S/c7-1-3(9)4(10)5(11)6(12,13)2-8/h2-5,7,9-13H,1H2/t3-,4-,5+,6-/m1/s1. The summed E-state index contributed by atoms with van der Waals surface area (Å²) >= 11 is 3.34. The van der Waals surface area contributed by atoms with E-state index in [1.807, 2.05) is 0 Å². The molecular formula is C6H12O6S. The first-order chi connectivity index (χ1) is 5.86. The summed E-state index contributed by atoms with van der Waals surface area (Å²) in [6, 6.07) is 0. The van der Waals surface area contributed by atoms with Gasteiger partial charge in [-0.3, -0.25) is 4.79 Å². The smallest absolute Gasteiger partial charge is 0.192 e. The highest BCUT2D eigenvalue weighted by atomic mass is 32.1. The summed E-state index contributed by atoms with van der Waals surface area (Å²) in [7, 11) is 0. The molecule has 7 heteroatoms. The second-order valence-electron chi connectivity index (χ2n) is 2.59. The lowest BCUT2D eigenvalue weighted by molar-refractivity contribution is -0.142. The molecule has 0 spiro atoms. The van der Waals surface area contributed by atoms with Gasteiger partial charge in [0.25, 0.3) is 0 Å². The van der Waals surface area contributed by atoms with Crippen molar-refractivity contribution < 1.29 is 30.3 Å². The molecule has 0 rings (SSSR count). The summed E-state index contributed by atoms with van der Waals surface area (Å²) in [6.45, 7) is -0.805. The Kier molecular flexibility index (Phi) is 4.82. The Bertz CT molecular complexity index is 173. The van der Waals surface area contributed by atoms with E-state index in [0.717, 1.165) is 0 Å². The van der Waals surface area contributed by atoms with Crippen molar-refractivity contribution in [1.82, 2.24) is 0 Å². The Hall–Kier alpha value is -0.180. The highest BCUT2D eigenvalue weighted by molar-refractivity contribution is 7.82. The van der Waals surface area contributed by atoms with Crippen molar-refractivity contribution in [3.05, 3.63) is 0 Å². The van der Waals surface area contributed by atoms with Crippen molar-refractivity contribution in [3.8, 4) is 0 Å². The van der Waals surface area contributed by atoms with Crippen LogP contribution in [0, 0.1) is 0 Å². The number of aliphatic hydroxyl groups is 5. The Labute approximate surface area is 79.9 Å². The van der Waals surface area contributed by atoms with Gasteiger partial charge in [0.15, 0.2) is 11.2 Å². The summed E-state index contributed by atoms with van der Waals surface area (Å²) in [5.74, 6) is 0. The van der Waals surface area contributed by atoms with Crippen LogP contribution in [-0.2, 0) is 4.79 Å². The van der Waals surface area contributed by atoms with Crippen LogP contribution in [0.5, 0.6) is 0 Å². The zero-order chi connectivity index (χ0) is 10.6. The van der Waals surface area contributed by atoms with Gasteiger partial charge in [0, 0.05) is 0 Å². The van der Waals surface area contributed by atoms with Crippen LogP contribution in [-0.4, -0.2) is 61.7 Å². The lowest BCUT2D eigenvalue weighted by Gasteiger charge is -2.28. The molecule has 0 aromatic heterocycles. The van der Waals surface area contributed by atoms with Crippen LogP contribution >= 0.6 is 12.6 Å². The molecule has 0 unspecified atom stereocenters. The third-order valence-electron chi connectivity index (χ3n) is 1.51. The number of hydrogen-bond acceptors (Lipinski definition) is 7. The zero-order valence-corrected chi connectivity index (χ0v) is 7.50. The van der Waals surface area contributed by atoms with E-state index >= 15 is 0 Å².